The van der Waals surface area contributed by atoms with Crippen LogP contribution in [0.2, 0.25) is 5.02 Å². The number of hydrogen-bond donors (Lipinski definition) is 1. The molecule has 2 aromatic rings. The number of carbonyl (C=O) groups excluding carboxylic acids is 1. The molecule has 10 heteroatoms. The summed E-state index contributed by atoms with van der Waals surface area (Å²) in [4.78, 5) is 10.1. The Kier molecular flexibility index (Phi) is 5.01. The van der Waals surface area contributed by atoms with Crippen LogP contribution in [0.3, 0.4) is 0 Å². The molecule has 0 heterocycles. The number of rotatable bonds is 4. The van der Waals surface area contributed by atoms with Crippen molar-refractivity contribution in [2.45, 2.75) is 18.0 Å². The van der Waals surface area contributed by atoms with E-state index in [4.69, 9.17) is 11.6 Å². The normalized spacial score (nSPS) is 12.0. The van der Waals surface area contributed by atoms with Crippen molar-refractivity contribution in [3.8, 4) is 0 Å². The van der Waals surface area contributed by atoms with Gasteiger partial charge < -0.3 is 9.90 Å². The van der Waals surface area contributed by atoms with E-state index in [1.807, 2.05) is 4.72 Å². The molecule has 2 rings (SSSR count). The summed E-state index contributed by atoms with van der Waals surface area (Å²) >= 11 is 5.73. The summed E-state index contributed by atoms with van der Waals surface area (Å²) in [6, 6.07) is 5.43. The molecular weight excluding hydrogens is 383 g/mol. The number of carbonyl (C=O) groups is 1. The van der Waals surface area contributed by atoms with E-state index in [0.717, 1.165) is 12.1 Å². The first kappa shape index (κ1) is 19.1. The summed E-state index contributed by atoms with van der Waals surface area (Å²) in [7, 11) is -4.49. The van der Waals surface area contributed by atoms with Gasteiger partial charge in [-0.05, 0) is 42.3 Å². The average Bonchev–Trinajstić information content (AvgIpc) is 2.48. The average molecular weight is 393 g/mol. The molecule has 0 amide bonds. The van der Waals surface area contributed by atoms with Gasteiger partial charge in [-0.2, -0.15) is 13.2 Å². The predicted molar refractivity (Wildman–Crippen MR) is 82.8 cm³/mol. The van der Waals surface area contributed by atoms with Gasteiger partial charge in [0.2, 0.25) is 0 Å². The van der Waals surface area contributed by atoms with Crippen molar-refractivity contribution in [3.05, 3.63) is 58.1 Å². The van der Waals surface area contributed by atoms with Crippen LogP contribution in [0.5, 0.6) is 0 Å². The Morgan fingerprint density at radius 2 is 1.80 bits per heavy atom. The highest BCUT2D eigenvalue weighted by atomic mass is 35.5. The van der Waals surface area contributed by atoms with Crippen LogP contribution in [-0.2, 0) is 16.2 Å². The van der Waals surface area contributed by atoms with Gasteiger partial charge in [-0.25, -0.2) is 8.42 Å². The number of nitrogens with one attached hydrogen (secondary N) is 1. The molecule has 134 valence electrons. The molecule has 1 N–H and O–H groups in total. The fraction of sp³-hybridized carbons (Fsp3) is 0.133. The van der Waals surface area contributed by atoms with Gasteiger partial charge in [0.1, 0.15) is 4.90 Å². The topological polar surface area (TPSA) is 86.3 Å². The zero-order chi connectivity index (χ0) is 19.0. The van der Waals surface area contributed by atoms with Crippen molar-refractivity contribution in [3.63, 3.8) is 0 Å². The van der Waals surface area contributed by atoms with E-state index >= 15 is 0 Å². The van der Waals surface area contributed by atoms with Gasteiger partial charge in [-0.15, -0.1) is 0 Å². The Bertz CT molecular complexity index is 942. The zero-order valence-corrected chi connectivity index (χ0v) is 14.1. The lowest BCUT2D eigenvalue weighted by atomic mass is 10.1. The van der Waals surface area contributed by atoms with Crippen molar-refractivity contribution in [1.82, 2.24) is 0 Å². The van der Waals surface area contributed by atoms with Gasteiger partial charge in [-0.1, -0.05) is 23.7 Å². The molecule has 0 radical (unpaired) electrons. The molecule has 2 aromatic carbocycles. The summed E-state index contributed by atoms with van der Waals surface area (Å²) in [5.74, 6) is -1.53. The smallest absolute Gasteiger partial charge is 0.416 e. The molecule has 0 spiro atoms. The number of carboxylic acids is 1. The number of aryl methyl sites for hydroxylation is 1. The third kappa shape index (κ3) is 4.23. The van der Waals surface area contributed by atoms with Crippen molar-refractivity contribution < 1.29 is 31.5 Å². The van der Waals surface area contributed by atoms with Gasteiger partial charge in [0.05, 0.1) is 22.2 Å². The SMILES string of the molecule is Cc1ccc(C(=O)[O-])cc1NS(=O)(=O)c1cc(C(F)(F)F)ccc1Cl. The number of aromatic carboxylic acids is 1. The Morgan fingerprint density at radius 3 is 2.36 bits per heavy atom. The fourth-order valence-corrected chi connectivity index (χ4v) is 3.59. The van der Waals surface area contributed by atoms with Crippen LogP contribution in [0.4, 0.5) is 18.9 Å². The maximum absolute atomic E-state index is 12.8. The van der Waals surface area contributed by atoms with Crippen molar-refractivity contribution in [2.75, 3.05) is 4.72 Å². The molecule has 0 aliphatic carbocycles. The number of halogens is 4. The molecule has 0 saturated heterocycles. The zero-order valence-electron chi connectivity index (χ0n) is 12.5. The van der Waals surface area contributed by atoms with Gasteiger partial charge in [-0.3, -0.25) is 4.72 Å². The fourth-order valence-electron chi connectivity index (χ4n) is 1.94. The van der Waals surface area contributed by atoms with E-state index in [2.05, 4.69) is 0 Å². The highest BCUT2D eigenvalue weighted by Gasteiger charge is 2.32. The first-order valence-electron chi connectivity index (χ1n) is 6.63. The number of hydrogen-bond acceptors (Lipinski definition) is 4. The predicted octanol–water partition coefficient (Wildman–Crippen LogP) is 2.83. The number of carboxylic acid groups (broad SMARTS) is 1. The quantitative estimate of drug-likeness (QED) is 0.866. The second-order valence-corrected chi connectivity index (χ2v) is 7.12. The molecule has 0 bridgehead atoms. The molecule has 0 aliphatic heterocycles. The number of alkyl halides is 3. The molecule has 25 heavy (non-hydrogen) atoms. The van der Waals surface area contributed by atoms with Crippen LogP contribution >= 0.6 is 11.6 Å². The Morgan fingerprint density at radius 1 is 1.16 bits per heavy atom. The second-order valence-electron chi connectivity index (χ2n) is 5.07. The van der Waals surface area contributed by atoms with E-state index in [1.54, 1.807) is 0 Å². The lowest BCUT2D eigenvalue weighted by molar-refractivity contribution is -0.255. The summed E-state index contributed by atoms with van der Waals surface area (Å²) < 4.78 is 65.2. The van der Waals surface area contributed by atoms with E-state index in [1.165, 1.54) is 19.1 Å². The summed E-state index contributed by atoms with van der Waals surface area (Å²) in [6.07, 6.45) is -4.75. The minimum atomic E-state index is -4.75. The number of anilines is 1. The minimum absolute atomic E-state index is 0.116. The van der Waals surface area contributed by atoms with E-state index < -0.39 is 37.7 Å². The standard InChI is InChI=1S/C15H11ClF3NO4S/c1-8-2-3-9(14(21)22)6-12(8)20-25(23,24)13-7-10(15(17,18)19)4-5-11(13)16/h2-7,20H,1H3,(H,21,22)/p-1. The lowest BCUT2D eigenvalue weighted by Crippen LogP contribution is -2.23. The molecule has 5 nitrogen and oxygen atoms in total. The molecule has 0 fully saturated rings. The van der Waals surface area contributed by atoms with Gasteiger partial charge >= 0.3 is 6.18 Å². The lowest BCUT2D eigenvalue weighted by Gasteiger charge is -2.15. The third-order valence-electron chi connectivity index (χ3n) is 3.27. The summed E-state index contributed by atoms with van der Waals surface area (Å²) in [6.45, 7) is 1.49. The highest BCUT2D eigenvalue weighted by Crippen LogP contribution is 2.34. The van der Waals surface area contributed by atoms with Crippen LogP contribution in [0, 0.1) is 6.92 Å². The van der Waals surface area contributed by atoms with Crippen LogP contribution in [-0.4, -0.2) is 14.4 Å². The summed E-state index contributed by atoms with van der Waals surface area (Å²) in [5.41, 5.74) is -1.23. The maximum atomic E-state index is 12.8. The second kappa shape index (κ2) is 6.57. The monoisotopic (exact) mass is 392 g/mol. The van der Waals surface area contributed by atoms with Gasteiger partial charge in [0.15, 0.2) is 0 Å². The van der Waals surface area contributed by atoms with Gasteiger partial charge in [0, 0.05) is 0 Å². The molecule has 0 unspecified atom stereocenters. The Balaban J connectivity index is 2.51. The van der Waals surface area contributed by atoms with Crippen LogP contribution in [0.1, 0.15) is 21.5 Å². The highest BCUT2D eigenvalue weighted by molar-refractivity contribution is 7.92. The number of sulfonamides is 1. The first-order valence-corrected chi connectivity index (χ1v) is 8.49. The maximum Gasteiger partial charge on any atom is 0.416 e. The first-order chi connectivity index (χ1) is 11.4. The van der Waals surface area contributed by atoms with Crippen LogP contribution in [0.25, 0.3) is 0 Å². The van der Waals surface area contributed by atoms with E-state index in [9.17, 15) is 31.5 Å². The van der Waals surface area contributed by atoms with Gasteiger partial charge in [0.25, 0.3) is 10.0 Å². The van der Waals surface area contributed by atoms with E-state index in [-0.39, 0.29) is 11.3 Å². The molecule has 0 saturated carbocycles. The molecular formula is C15H10ClF3NO4S-. The van der Waals surface area contributed by atoms with E-state index in [0.29, 0.717) is 17.7 Å². The van der Waals surface area contributed by atoms with Crippen LogP contribution in [0.15, 0.2) is 41.3 Å². The van der Waals surface area contributed by atoms with Crippen molar-refractivity contribution in [1.29, 1.82) is 0 Å². The summed E-state index contributed by atoms with van der Waals surface area (Å²) in [5, 5.41) is 10.5. The Labute approximate surface area is 146 Å². The number of benzene rings is 2. The minimum Gasteiger partial charge on any atom is -0.545 e. The molecule has 0 aromatic heterocycles. The van der Waals surface area contributed by atoms with Crippen LogP contribution < -0.4 is 9.83 Å². The third-order valence-corrected chi connectivity index (χ3v) is 5.11. The molecule has 0 aliphatic rings. The molecule has 0 atom stereocenters. The largest absolute Gasteiger partial charge is 0.545 e. The van der Waals surface area contributed by atoms with Crippen molar-refractivity contribution in [2.24, 2.45) is 0 Å². The van der Waals surface area contributed by atoms with Crippen molar-refractivity contribution >= 4 is 33.3 Å². The Hall–Kier alpha value is -2.26.